The lowest BCUT2D eigenvalue weighted by molar-refractivity contribution is -0.150. The molecule has 0 radical (unpaired) electrons. The Kier molecular flexibility index (Phi) is 6.53. The Balaban J connectivity index is 3.16. The van der Waals surface area contributed by atoms with E-state index in [1.165, 1.54) is 19.2 Å². The van der Waals surface area contributed by atoms with E-state index < -0.39 is 21.4 Å². The van der Waals surface area contributed by atoms with Crippen molar-refractivity contribution in [3.8, 4) is 0 Å². The minimum absolute atomic E-state index is 0.0716. The van der Waals surface area contributed by atoms with Crippen molar-refractivity contribution in [3.63, 3.8) is 0 Å². The van der Waals surface area contributed by atoms with E-state index in [0.717, 1.165) is 11.0 Å². The molecule has 0 atom stereocenters. The number of ether oxygens (including phenoxy) is 2. The Morgan fingerprint density at radius 2 is 1.74 bits per heavy atom. The van der Waals surface area contributed by atoms with E-state index >= 15 is 0 Å². The molecule has 23 heavy (non-hydrogen) atoms. The first-order valence-electron chi connectivity index (χ1n) is 7.30. The van der Waals surface area contributed by atoms with Crippen molar-refractivity contribution in [2.24, 2.45) is 0 Å². The highest BCUT2D eigenvalue weighted by Gasteiger charge is 2.22. The highest BCUT2D eigenvalue weighted by molar-refractivity contribution is 7.94. The van der Waals surface area contributed by atoms with Crippen LogP contribution in [-0.2, 0) is 24.1 Å². The largest absolute Gasteiger partial charge is 0.457 e. The number of rotatable bonds is 6. The molecule has 0 amide bonds. The maximum absolute atomic E-state index is 12.5. The van der Waals surface area contributed by atoms with Gasteiger partial charge in [0, 0.05) is 18.9 Å². The first kappa shape index (κ1) is 19.4. The Morgan fingerprint density at radius 3 is 2.22 bits per heavy atom. The van der Waals surface area contributed by atoms with Gasteiger partial charge >= 0.3 is 5.97 Å². The van der Waals surface area contributed by atoms with Crippen molar-refractivity contribution in [2.45, 2.75) is 44.6 Å². The number of hydrogen-bond donors (Lipinski definition) is 0. The van der Waals surface area contributed by atoms with Gasteiger partial charge in [-0.1, -0.05) is 17.7 Å². The van der Waals surface area contributed by atoms with Crippen LogP contribution in [0.5, 0.6) is 0 Å². The summed E-state index contributed by atoms with van der Waals surface area (Å²) in [6.45, 7) is 7.29. The molecule has 128 valence electrons. The average Bonchev–Trinajstić information content (AvgIpc) is 2.42. The highest BCUT2D eigenvalue weighted by Crippen LogP contribution is 2.19. The van der Waals surface area contributed by atoms with Crippen molar-refractivity contribution in [3.05, 3.63) is 40.8 Å². The molecule has 1 aromatic rings. The average molecular weight is 340 g/mol. The van der Waals surface area contributed by atoms with Gasteiger partial charge in [0.25, 0.3) is 0 Å². The monoisotopic (exact) mass is 340 g/mol. The molecule has 0 heterocycles. The molecule has 0 bridgehead atoms. The summed E-state index contributed by atoms with van der Waals surface area (Å²) < 4.78 is 35.1. The number of aryl methyl sites for hydroxylation is 1. The van der Waals surface area contributed by atoms with Crippen LogP contribution < -0.4 is 0 Å². The van der Waals surface area contributed by atoms with E-state index in [1.807, 2.05) is 6.92 Å². The molecular weight excluding hydrogens is 316 g/mol. The fourth-order valence-electron chi connectivity index (χ4n) is 1.75. The normalized spacial score (nSPS) is 13.0. The minimum Gasteiger partial charge on any atom is -0.457 e. The molecule has 6 heteroatoms. The summed E-state index contributed by atoms with van der Waals surface area (Å²) in [5.74, 6) is -0.648. The highest BCUT2D eigenvalue weighted by atomic mass is 32.2. The Labute approximate surface area is 138 Å². The molecule has 0 fully saturated rings. The van der Waals surface area contributed by atoms with Gasteiger partial charge in [-0.15, -0.1) is 0 Å². The third-order valence-corrected chi connectivity index (χ3v) is 4.41. The van der Waals surface area contributed by atoms with Gasteiger partial charge in [-0.3, -0.25) is 0 Å². The second-order valence-corrected chi connectivity index (χ2v) is 8.04. The smallest absolute Gasteiger partial charge is 0.335 e. The van der Waals surface area contributed by atoms with Crippen LogP contribution in [0.2, 0.25) is 0 Å². The summed E-state index contributed by atoms with van der Waals surface area (Å²) in [4.78, 5) is 12.4. The quantitative estimate of drug-likeness (QED) is 0.588. The second kappa shape index (κ2) is 7.75. The molecule has 1 rings (SSSR count). The number of sulfone groups is 1. The van der Waals surface area contributed by atoms with Crippen molar-refractivity contribution in [1.29, 1.82) is 0 Å². The van der Waals surface area contributed by atoms with Gasteiger partial charge in [0.2, 0.25) is 0 Å². The standard InChI is InChI=1S/C17H24O5S/c1-13-6-8-15(9-7-13)23(19,20)12-14(10-11-21-5)16(18)22-17(2,3)4/h6-9,12H,10-11H2,1-5H3/b14-12+. The van der Waals surface area contributed by atoms with Gasteiger partial charge in [-0.2, -0.15) is 0 Å². The van der Waals surface area contributed by atoms with Crippen molar-refractivity contribution in [1.82, 2.24) is 0 Å². The molecule has 0 aromatic heterocycles. The van der Waals surface area contributed by atoms with Crippen LogP contribution in [0.15, 0.2) is 40.1 Å². The zero-order chi connectivity index (χ0) is 17.7. The van der Waals surface area contributed by atoms with E-state index in [9.17, 15) is 13.2 Å². The Morgan fingerprint density at radius 1 is 1.17 bits per heavy atom. The van der Waals surface area contributed by atoms with Crippen LogP contribution in [0.1, 0.15) is 32.8 Å². The number of carbonyl (C=O) groups excluding carboxylic acids is 1. The number of esters is 1. The Bertz CT molecular complexity index is 664. The van der Waals surface area contributed by atoms with Crippen LogP contribution >= 0.6 is 0 Å². The van der Waals surface area contributed by atoms with Crippen molar-refractivity contribution >= 4 is 15.8 Å². The summed E-state index contributed by atoms with van der Waals surface area (Å²) in [6.07, 6.45) is 0.163. The van der Waals surface area contributed by atoms with Gasteiger partial charge in [0.15, 0.2) is 9.84 Å². The predicted octanol–water partition coefficient (Wildman–Crippen LogP) is 3.03. The topological polar surface area (TPSA) is 69.7 Å². The summed E-state index contributed by atoms with van der Waals surface area (Å²) in [6, 6.07) is 6.46. The summed E-state index contributed by atoms with van der Waals surface area (Å²) in [5, 5.41) is 0.977. The van der Waals surface area contributed by atoms with Crippen molar-refractivity contribution < 1.29 is 22.7 Å². The zero-order valence-corrected chi connectivity index (χ0v) is 15.1. The molecule has 0 spiro atoms. The summed E-state index contributed by atoms with van der Waals surface area (Å²) in [7, 11) is -2.24. The molecule has 5 nitrogen and oxygen atoms in total. The van der Waals surface area contributed by atoms with Crippen LogP contribution in [-0.4, -0.2) is 33.7 Å². The van der Waals surface area contributed by atoms with E-state index in [2.05, 4.69) is 0 Å². The zero-order valence-electron chi connectivity index (χ0n) is 14.3. The van der Waals surface area contributed by atoms with Crippen LogP contribution in [0.25, 0.3) is 0 Å². The van der Waals surface area contributed by atoms with Gasteiger partial charge in [-0.05, 0) is 39.8 Å². The van der Waals surface area contributed by atoms with Crippen LogP contribution in [0.4, 0.5) is 0 Å². The molecule has 0 aliphatic carbocycles. The maximum atomic E-state index is 12.5. The molecule has 0 unspecified atom stereocenters. The maximum Gasteiger partial charge on any atom is 0.335 e. The number of methoxy groups -OCH3 is 1. The predicted molar refractivity (Wildman–Crippen MR) is 88.8 cm³/mol. The van der Waals surface area contributed by atoms with Crippen LogP contribution in [0.3, 0.4) is 0 Å². The lowest BCUT2D eigenvalue weighted by Crippen LogP contribution is -2.25. The van der Waals surface area contributed by atoms with Crippen molar-refractivity contribution in [2.75, 3.05) is 13.7 Å². The Hall–Kier alpha value is -1.66. The lowest BCUT2D eigenvalue weighted by Gasteiger charge is -2.20. The molecule has 0 saturated carbocycles. The first-order chi connectivity index (χ1) is 10.5. The number of carbonyl (C=O) groups is 1. The first-order valence-corrected chi connectivity index (χ1v) is 8.84. The molecule has 0 aliphatic heterocycles. The fourth-order valence-corrected chi connectivity index (χ4v) is 2.99. The van der Waals surface area contributed by atoms with Gasteiger partial charge in [0.05, 0.1) is 17.1 Å². The minimum atomic E-state index is -3.73. The van der Waals surface area contributed by atoms with E-state index in [1.54, 1.807) is 32.9 Å². The molecule has 0 aliphatic rings. The number of hydrogen-bond acceptors (Lipinski definition) is 5. The van der Waals surface area contributed by atoms with E-state index in [0.29, 0.717) is 0 Å². The molecule has 0 N–H and O–H groups in total. The van der Waals surface area contributed by atoms with E-state index in [-0.39, 0.29) is 23.5 Å². The third kappa shape index (κ3) is 6.54. The fraction of sp³-hybridized carbons (Fsp3) is 0.471. The van der Waals surface area contributed by atoms with E-state index in [4.69, 9.17) is 9.47 Å². The SMILES string of the molecule is COCC/C(=C\S(=O)(=O)c1ccc(C)cc1)C(=O)OC(C)(C)C. The molecular formula is C17H24O5S. The molecule has 0 saturated heterocycles. The van der Waals surface area contributed by atoms with Gasteiger partial charge < -0.3 is 9.47 Å². The summed E-state index contributed by atoms with van der Waals surface area (Å²) in [5.41, 5.74) is 0.332. The van der Waals surface area contributed by atoms with Gasteiger partial charge in [0.1, 0.15) is 5.60 Å². The molecule has 1 aromatic carbocycles. The lowest BCUT2D eigenvalue weighted by atomic mass is 10.1. The summed E-state index contributed by atoms with van der Waals surface area (Å²) >= 11 is 0. The third-order valence-electron chi connectivity index (χ3n) is 2.88. The number of benzene rings is 1. The second-order valence-electron chi connectivity index (χ2n) is 6.25. The van der Waals surface area contributed by atoms with Crippen LogP contribution in [0, 0.1) is 6.92 Å². The van der Waals surface area contributed by atoms with Gasteiger partial charge in [-0.25, -0.2) is 13.2 Å².